The van der Waals surface area contributed by atoms with Crippen molar-refractivity contribution in [2.75, 3.05) is 0 Å². The average Bonchev–Trinajstić information content (AvgIpc) is 3.02. The fraction of sp³-hybridized carbons (Fsp3) is 0.154. The SMILES string of the molecule is C=CCn1c(CSc2nc3ccccc3[nH]2)n[nH]c1=S. The van der Waals surface area contributed by atoms with Crippen LogP contribution in [-0.4, -0.2) is 24.7 Å². The minimum absolute atomic E-state index is 0.616. The monoisotopic (exact) mass is 303 g/mol. The summed E-state index contributed by atoms with van der Waals surface area (Å²) >= 11 is 6.79. The van der Waals surface area contributed by atoms with Gasteiger partial charge in [0, 0.05) is 6.54 Å². The number of hydrogen-bond donors (Lipinski definition) is 2. The first-order chi connectivity index (χ1) is 9.78. The Morgan fingerprint density at radius 1 is 1.40 bits per heavy atom. The highest BCUT2D eigenvalue weighted by molar-refractivity contribution is 7.98. The van der Waals surface area contributed by atoms with Gasteiger partial charge in [-0.25, -0.2) is 4.98 Å². The minimum Gasteiger partial charge on any atom is -0.333 e. The van der Waals surface area contributed by atoms with Crippen LogP contribution in [0, 0.1) is 4.77 Å². The molecule has 2 heterocycles. The Kier molecular flexibility index (Phi) is 3.70. The van der Waals surface area contributed by atoms with Crippen LogP contribution in [0.5, 0.6) is 0 Å². The van der Waals surface area contributed by atoms with E-state index in [4.69, 9.17) is 12.2 Å². The van der Waals surface area contributed by atoms with Crippen LogP contribution in [0.3, 0.4) is 0 Å². The number of nitrogens with zero attached hydrogens (tertiary/aromatic N) is 3. The molecular weight excluding hydrogens is 290 g/mol. The second-order valence-corrected chi connectivity index (χ2v) is 5.54. The lowest BCUT2D eigenvalue weighted by Gasteiger charge is -2.01. The molecule has 0 aliphatic heterocycles. The molecule has 1 aromatic carbocycles. The van der Waals surface area contributed by atoms with E-state index in [0.717, 1.165) is 22.0 Å². The number of aromatic amines is 2. The van der Waals surface area contributed by atoms with Gasteiger partial charge in [0.05, 0.1) is 16.8 Å². The molecule has 3 aromatic rings. The van der Waals surface area contributed by atoms with Gasteiger partial charge in [0.25, 0.3) is 0 Å². The van der Waals surface area contributed by atoms with Crippen LogP contribution in [0.15, 0.2) is 42.1 Å². The molecular formula is C13H13N5S2. The average molecular weight is 303 g/mol. The van der Waals surface area contributed by atoms with E-state index in [1.165, 1.54) is 0 Å². The topological polar surface area (TPSA) is 62.3 Å². The smallest absolute Gasteiger partial charge is 0.195 e. The Bertz CT molecular complexity index is 765. The zero-order valence-corrected chi connectivity index (χ0v) is 12.3. The number of hydrogen-bond acceptors (Lipinski definition) is 4. The van der Waals surface area contributed by atoms with Crippen molar-refractivity contribution in [1.82, 2.24) is 24.7 Å². The Morgan fingerprint density at radius 2 is 2.25 bits per heavy atom. The maximum atomic E-state index is 5.19. The van der Waals surface area contributed by atoms with Crippen molar-refractivity contribution in [3.8, 4) is 0 Å². The summed E-state index contributed by atoms with van der Waals surface area (Å²) in [5, 5.41) is 7.93. The summed E-state index contributed by atoms with van der Waals surface area (Å²) in [6, 6.07) is 7.97. The third-order valence-electron chi connectivity index (χ3n) is 2.85. The lowest BCUT2D eigenvalue weighted by Crippen LogP contribution is -2.01. The fourth-order valence-corrected chi connectivity index (χ4v) is 2.97. The zero-order valence-electron chi connectivity index (χ0n) is 10.7. The molecule has 0 saturated heterocycles. The third-order valence-corrected chi connectivity index (χ3v) is 4.04. The van der Waals surface area contributed by atoms with Gasteiger partial charge < -0.3 is 4.98 Å². The van der Waals surface area contributed by atoms with Crippen LogP contribution in [0.1, 0.15) is 5.82 Å². The summed E-state index contributed by atoms with van der Waals surface area (Å²) in [4.78, 5) is 7.81. The lowest BCUT2D eigenvalue weighted by molar-refractivity contribution is 0.765. The van der Waals surface area contributed by atoms with Gasteiger partial charge in [-0.3, -0.25) is 9.67 Å². The molecule has 2 N–H and O–H groups in total. The molecule has 0 spiro atoms. The third kappa shape index (κ3) is 2.54. The van der Waals surface area contributed by atoms with Gasteiger partial charge in [-0.2, -0.15) is 5.10 Å². The first-order valence-corrected chi connectivity index (χ1v) is 7.50. The van der Waals surface area contributed by atoms with Crippen LogP contribution < -0.4 is 0 Å². The zero-order chi connectivity index (χ0) is 13.9. The molecule has 0 bridgehead atoms. The summed E-state index contributed by atoms with van der Waals surface area (Å²) in [5.41, 5.74) is 2.01. The molecule has 3 rings (SSSR count). The number of imidazole rings is 1. The van der Waals surface area contributed by atoms with Gasteiger partial charge in [0.1, 0.15) is 5.82 Å². The van der Waals surface area contributed by atoms with E-state index in [-0.39, 0.29) is 0 Å². The number of fused-ring (bicyclic) bond motifs is 1. The number of para-hydroxylation sites is 2. The van der Waals surface area contributed by atoms with Crippen LogP contribution in [0.25, 0.3) is 11.0 Å². The molecule has 5 nitrogen and oxygen atoms in total. The standard InChI is InChI=1S/C13H13N5S2/c1-2-7-18-11(16-17-13(18)19)8-20-12-14-9-5-3-4-6-10(9)15-12/h2-6H,1,7-8H2,(H,14,15)(H,17,19). The highest BCUT2D eigenvalue weighted by atomic mass is 32.2. The Morgan fingerprint density at radius 3 is 3.05 bits per heavy atom. The van der Waals surface area contributed by atoms with E-state index in [0.29, 0.717) is 17.1 Å². The Balaban J connectivity index is 1.79. The molecule has 0 unspecified atom stereocenters. The summed E-state index contributed by atoms with van der Waals surface area (Å²) in [6.07, 6.45) is 1.81. The van der Waals surface area contributed by atoms with E-state index in [1.807, 2.05) is 28.8 Å². The predicted molar refractivity (Wildman–Crippen MR) is 83.3 cm³/mol. The van der Waals surface area contributed by atoms with E-state index in [2.05, 4.69) is 26.7 Å². The van der Waals surface area contributed by atoms with Crippen LogP contribution in [0.4, 0.5) is 0 Å². The number of aromatic nitrogens is 5. The molecule has 0 fully saturated rings. The minimum atomic E-state index is 0.616. The van der Waals surface area contributed by atoms with Crippen molar-refractivity contribution in [1.29, 1.82) is 0 Å². The molecule has 0 aliphatic carbocycles. The normalized spacial score (nSPS) is 11.0. The van der Waals surface area contributed by atoms with Crippen molar-refractivity contribution < 1.29 is 0 Å². The maximum absolute atomic E-state index is 5.19. The van der Waals surface area contributed by atoms with Gasteiger partial charge in [-0.05, 0) is 24.4 Å². The molecule has 0 aliphatic rings. The first-order valence-electron chi connectivity index (χ1n) is 6.10. The number of thioether (sulfide) groups is 1. The Hall–Kier alpha value is -1.86. The van der Waals surface area contributed by atoms with E-state index in [9.17, 15) is 0 Å². The van der Waals surface area contributed by atoms with Crippen LogP contribution in [-0.2, 0) is 12.3 Å². The molecule has 2 aromatic heterocycles. The van der Waals surface area contributed by atoms with E-state index < -0.39 is 0 Å². The van der Waals surface area contributed by atoms with Gasteiger partial charge in [-0.1, -0.05) is 30.0 Å². The van der Waals surface area contributed by atoms with E-state index in [1.54, 1.807) is 17.8 Å². The van der Waals surface area contributed by atoms with Crippen molar-refractivity contribution in [3.05, 3.63) is 47.5 Å². The molecule has 0 amide bonds. The van der Waals surface area contributed by atoms with Crippen molar-refractivity contribution in [2.24, 2.45) is 0 Å². The Labute approximate surface area is 125 Å². The summed E-state index contributed by atoms with van der Waals surface area (Å²) < 4.78 is 2.54. The first kappa shape index (κ1) is 13.1. The lowest BCUT2D eigenvalue weighted by atomic mass is 10.3. The van der Waals surface area contributed by atoms with Gasteiger partial charge in [-0.15, -0.1) is 6.58 Å². The highest BCUT2D eigenvalue weighted by Gasteiger charge is 2.08. The fourth-order valence-electron chi connectivity index (χ4n) is 1.91. The summed E-state index contributed by atoms with van der Waals surface area (Å²) in [6.45, 7) is 4.39. The second kappa shape index (κ2) is 5.64. The predicted octanol–water partition coefficient (Wildman–Crippen LogP) is 3.30. The molecule has 20 heavy (non-hydrogen) atoms. The number of H-pyrrole nitrogens is 2. The molecule has 7 heteroatoms. The number of nitrogens with one attached hydrogen (secondary N) is 2. The molecule has 0 atom stereocenters. The van der Waals surface area contributed by atoms with Crippen molar-refractivity contribution in [2.45, 2.75) is 17.5 Å². The number of benzene rings is 1. The highest BCUT2D eigenvalue weighted by Crippen LogP contribution is 2.22. The second-order valence-electron chi connectivity index (χ2n) is 4.19. The van der Waals surface area contributed by atoms with Crippen molar-refractivity contribution >= 4 is 35.0 Å². The summed E-state index contributed by atoms with van der Waals surface area (Å²) in [7, 11) is 0. The van der Waals surface area contributed by atoms with Gasteiger partial charge in [0.15, 0.2) is 9.93 Å². The summed E-state index contributed by atoms with van der Waals surface area (Å²) in [5.74, 6) is 1.58. The van der Waals surface area contributed by atoms with Gasteiger partial charge >= 0.3 is 0 Å². The molecule has 0 radical (unpaired) electrons. The quantitative estimate of drug-likeness (QED) is 0.431. The maximum Gasteiger partial charge on any atom is 0.195 e. The van der Waals surface area contributed by atoms with Crippen molar-refractivity contribution in [3.63, 3.8) is 0 Å². The number of rotatable bonds is 5. The van der Waals surface area contributed by atoms with Gasteiger partial charge in [0.2, 0.25) is 0 Å². The van der Waals surface area contributed by atoms with Crippen LogP contribution >= 0.6 is 24.0 Å². The molecule has 0 saturated carbocycles. The van der Waals surface area contributed by atoms with Crippen LogP contribution in [0.2, 0.25) is 0 Å². The largest absolute Gasteiger partial charge is 0.333 e. The number of allylic oxidation sites excluding steroid dienone is 1. The van der Waals surface area contributed by atoms with E-state index >= 15 is 0 Å². The molecule has 102 valence electrons.